The van der Waals surface area contributed by atoms with Crippen molar-refractivity contribution in [3.63, 3.8) is 0 Å². The maximum Gasteiger partial charge on any atom is 0.125 e. The normalized spacial score (nSPS) is 24.9. The van der Waals surface area contributed by atoms with Gasteiger partial charge in [0.05, 0.1) is 6.54 Å². The fourth-order valence-corrected chi connectivity index (χ4v) is 3.23. The Morgan fingerprint density at radius 1 is 1.38 bits per heavy atom. The molecule has 1 saturated carbocycles. The molecular weight excluding hydrogens is 262 g/mol. The number of nitrogens with zero attached hydrogens (tertiary/aromatic N) is 3. The van der Waals surface area contributed by atoms with Crippen LogP contribution in [0.3, 0.4) is 0 Å². The molecule has 1 aliphatic heterocycles. The third kappa shape index (κ3) is 2.60. The zero-order chi connectivity index (χ0) is 14.4. The fraction of sp³-hybridized carbons (Fsp3) is 0.529. The molecule has 4 rings (SSSR count). The number of aromatic nitrogens is 2. The lowest BCUT2D eigenvalue weighted by atomic mass is 10.1. The molecule has 1 fully saturated rings. The molecule has 0 N–H and O–H groups in total. The Kier molecular flexibility index (Phi) is 3.07. The lowest BCUT2D eigenvalue weighted by molar-refractivity contribution is 0.221. The van der Waals surface area contributed by atoms with Crippen LogP contribution in [0.1, 0.15) is 47.9 Å². The topological polar surface area (TPSA) is 42.2 Å². The van der Waals surface area contributed by atoms with E-state index >= 15 is 0 Å². The molecule has 0 radical (unpaired) electrons. The Morgan fingerprint density at radius 3 is 3.05 bits per heavy atom. The number of furan rings is 1. The van der Waals surface area contributed by atoms with Gasteiger partial charge in [0.2, 0.25) is 0 Å². The number of rotatable bonds is 3. The van der Waals surface area contributed by atoms with E-state index in [1.54, 1.807) is 0 Å². The van der Waals surface area contributed by atoms with Gasteiger partial charge in [-0.1, -0.05) is 6.92 Å². The quantitative estimate of drug-likeness (QED) is 0.868. The van der Waals surface area contributed by atoms with Gasteiger partial charge >= 0.3 is 0 Å². The van der Waals surface area contributed by atoms with E-state index in [9.17, 15) is 0 Å². The summed E-state index contributed by atoms with van der Waals surface area (Å²) in [5.74, 6) is 4.59. The van der Waals surface area contributed by atoms with Crippen LogP contribution >= 0.6 is 0 Å². The van der Waals surface area contributed by atoms with Gasteiger partial charge in [-0.2, -0.15) is 0 Å². The van der Waals surface area contributed by atoms with Crippen LogP contribution in [0.4, 0.5) is 0 Å². The lowest BCUT2D eigenvalue weighted by Gasteiger charge is -2.27. The summed E-state index contributed by atoms with van der Waals surface area (Å²) in [4.78, 5) is 11.3. The third-order valence-electron chi connectivity index (χ3n) is 4.67. The van der Waals surface area contributed by atoms with Gasteiger partial charge in [0.15, 0.2) is 0 Å². The van der Waals surface area contributed by atoms with E-state index in [0.717, 1.165) is 43.6 Å². The van der Waals surface area contributed by atoms with Crippen molar-refractivity contribution in [2.75, 3.05) is 6.54 Å². The standard InChI is InChI=1S/C17H21N3O/c1-11-7-15(11)17-4-3-14(21-17)10-20-6-5-16-13(9-20)8-18-12(2)19-16/h3-4,8,11,15H,5-7,9-10H2,1-2H3. The number of hydrogen-bond donors (Lipinski definition) is 0. The van der Waals surface area contributed by atoms with Crippen molar-refractivity contribution < 1.29 is 4.42 Å². The molecule has 2 aromatic heterocycles. The van der Waals surface area contributed by atoms with Crippen LogP contribution in [-0.4, -0.2) is 21.4 Å². The van der Waals surface area contributed by atoms with E-state index in [1.807, 2.05) is 13.1 Å². The minimum absolute atomic E-state index is 0.664. The zero-order valence-corrected chi connectivity index (χ0v) is 12.7. The van der Waals surface area contributed by atoms with E-state index < -0.39 is 0 Å². The Labute approximate surface area is 125 Å². The highest BCUT2D eigenvalue weighted by atomic mass is 16.3. The molecule has 0 bridgehead atoms. The van der Waals surface area contributed by atoms with E-state index in [1.165, 1.54) is 23.4 Å². The van der Waals surface area contributed by atoms with Crippen LogP contribution in [0.2, 0.25) is 0 Å². The number of hydrogen-bond acceptors (Lipinski definition) is 4. The fourth-order valence-electron chi connectivity index (χ4n) is 3.23. The molecule has 110 valence electrons. The first-order valence-electron chi connectivity index (χ1n) is 7.81. The molecule has 2 atom stereocenters. The Morgan fingerprint density at radius 2 is 2.24 bits per heavy atom. The monoisotopic (exact) mass is 283 g/mol. The van der Waals surface area contributed by atoms with Gasteiger partial charge in [0, 0.05) is 42.9 Å². The molecule has 4 nitrogen and oxygen atoms in total. The minimum atomic E-state index is 0.664. The van der Waals surface area contributed by atoms with Crippen LogP contribution < -0.4 is 0 Å². The van der Waals surface area contributed by atoms with Crippen LogP contribution in [-0.2, 0) is 19.5 Å². The molecule has 0 amide bonds. The molecule has 21 heavy (non-hydrogen) atoms. The van der Waals surface area contributed by atoms with Crippen molar-refractivity contribution in [1.29, 1.82) is 0 Å². The van der Waals surface area contributed by atoms with Crippen molar-refractivity contribution in [2.24, 2.45) is 5.92 Å². The van der Waals surface area contributed by atoms with Gasteiger partial charge in [-0.05, 0) is 31.4 Å². The number of fused-ring (bicyclic) bond motifs is 1. The largest absolute Gasteiger partial charge is 0.464 e. The first-order valence-corrected chi connectivity index (χ1v) is 7.81. The van der Waals surface area contributed by atoms with Crippen molar-refractivity contribution in [3.05, 3.63) is 46.9 Å². The summed E-state index contributed by atoms with van der Waals surface area (Å²) in [6.45, 7) is 7.09. The Bertz CT molecular complexity index is 664. The van der Waals surface area contributed by atoms with Crippen molar-refractivity contribution in [3.8, 4) is 0 Å². The molecule has 4 heteroatoms. The Balaban J connectivity index is 1.44. The predicted molar refractivity (Wildman–Crippen MR) is 79.8 cm³/mol. The van der Waals surface area contributed by atoms with Crippen LogP contribution in [0.5, 0.6) is 0 Å². The summed E-state index contributed by atoms with van der Waals surface area (Å²) in [6, 6.07) is 4.30. The summed E-state index contributed by atoms with van der Waals surface area (Å²) in [7, 11) is 0. The Hall–Kier alpha value is -1.68. The summed E-state index contributed by atoms with van der Waals surface area (Å²) in [5, 5.41) is 0. The van der Waals surface area contributed by atoms with Gasteiger partial charge in [0.1, 0.15) is 17.3 Å². The van der Waals surface area contributed by atoms with Crippen LogP contribution in [0, 0.1) is 12.8 Å². The molecular formula is C17H21N3O. The highest BCUT2D eigenvalue weighted by Crippen LogP contribution is 2.47. The second-order valence-electron chi connectivity index (χ2n) is 6.47. The first kappa shape index (κ1) is 13.0. The summed E-state index contributed by atoms with van der Waals surface area (Å²) in [5.41, 5.74) is 2.47. The van der Waals surface area contributed by atoms with Crippen LogP contribution in [0.15, 0.2) is 22.7 Å². The third-order valence-corrected chi connectivity index (χ3v) is 4.67. The van der Waals surface area contributed by atoms with Gasteiger partial charge in [-0.3, -0.25) is 4.90 Å². The van der Waals surface area contributed by atoms with Gasteiger partial charge in [-0.25, -0.2) is 9.97 Å². The highest BCUT2D eigenvalue weighted by molar-refractivity contribution is 5.21. The minimum Gasteiger partial charge on any atom is -0.464 e. The summed E-state index contributed by atoms with van der Waals surface area (Å²) < 4.78 is 6.01. The van der Waals surface area contributed by atoms with E-state index in [-0.39, 0.29) is 0 Å². The second-order valence-corrected chi connectivity index (χ2v) is 6.47. The maximum absolute atomic E-state index is 6.01. The highest BCUT2D eigenvalue weighted by Gasteiger charge is 2.36. The van der Waals surface area contributed by atoms with Crippen molar-refractivity contribution in [2.45, 2.75) is 45.7 Å². The van der Waals surface area contributed by atoms with Crippen molar-refractivity contribution in [1.82, 2.24) is 14.9 Å². The maximum atomic E-state index is 6.01. The second kappa shape index (κ2) is 4.95. The molecule has 2 aromatic rings. The average molecular weight is 283 g/mol. The molecule has 3 heterocycles. The van der Waals surface area contributed by atoms with Gasteiger partial charge in [0.25, 0.3) is 0 Å². The molecule has 0 spiro atoms. The van der Waals surface area contributed by atoms with Crippen molar-refractivity contribution >= 4 is 0 Å². The molecule has 0 saturated heterocycles. The predicted octanol–water partition coefficient (Wildman–Crippen LogP) is 3.06. The van der Waals surface area contributed by atoms with Gasteiger partial charge in [-0.15, -0.1) is 0 Å². The van der Waals surface area contributed by atoms with E-state index in [2.05, 4.69) is 33.9 Å². The van der Waals surface area contributed by atoms with Gasteiger partial charge < -0.3 is 4.42 Å². The van der Waals surface area contributed by atoms with E-state index in [0.29, 0.717) is 5.92 Å². The average Bonchev–Trinajstić information content (AvgIpc) is 3.02. The first-order chi connectivity index (χ1) is 10.2. The SMILES string of the molecule is Cc1ncc2c(n1)CCN(Cc1ccc(C3CC3C)o1)C2. The molecule has 0 aromatic carbocycles. The lowest BCUT2D eigenvalue weighted by Crippen LogP contribution is -2.30. The zero-order valence-electron chi connectivity index (χ0n) is 12.7. The summed E-state index contributed by atoms with van der Waals surface area (Å²) in [6.07, 6.45) is 4.26. The molecule has 1 aliphatic carbocycles. The number of aryl methyl sites for hydroxylation is 1. The molecule has 2 aliphatic rings. The summed E-state index contributed by atoms with van der Waals surface area (Å²) >= 11 is 0. The molecule has 2 unspecified atom stereocenters. The van der Waals surface area contributed by atoms with Crippen LogP contribution in [0.25, 0.3) is 0 Å². The van der Waals surface area contributed by atoms with E-state index in [4.69, 9.17) is 4.42 Å². The smallest absolute Gasteiger partial charge is 0.125 e.